The lowest BCUT2D eigenvalue weighted by Gasteiger charge is -2.34. The molecule has 4 rings (SSSR count). The summed E-state index contributed by atoms with van der Waals surface area (Å²) in [6.45, 7) is 1.51. The Morgan fingerprint density at radius 2 is 1.82 bits per heavy atom. The molecule has 0 spiro atoms. The smallest absolute Gasteiger partial charge is 0.349 e. The molecule has 3 N–H and O–H groups in total. The molecular formula is C27H28BrN3O6S. The number of thiophene rings is 1. The fourth-order valence-corrected chi connectivity index (χ4v) is 6.21. The molecule has 0 unspecified atom stereocenters. The van der Waals surface area contributed by atoms with Crippen LogP contribution >= 0.6 is 27.3 Å². The first kappa shape index (κ1) is 27.5. The van der Waals surface area contributed by atoms with Crippen LogP contribution < -0.4 is 15.0 Å². The zero-order valence-corrected chi connectivity index (χ0v) is 23.1. The van der Waals surface area contributed by atoms with E-state index in [1.807, 2.05) is 59.5 Å². The summed E-state index contributed by atoms with van der Waals surface area (Å²) in [6, 6.07) is 17.2. The van der Waals surface area contributed by atoms with Crippen molar-refractivity contribution in [3.63, 3.8) is 0 Å². The number of amides is 2. The lowest BCUT2D eigenvalue weighted by atomic mass is 9.97. The molecule has 3 aromatic rings. The molecule has 0 saturated carbocycles. The molecule has 0 bridgehead atoms. The van der Waals surface area contributed by atoms with Gasteiger partial charge in [-0.2, -0.15) is 0 Å². The van der Waals surface area contributed by atoms with Gasteiger partial charge in [0.05, 0.1) is 9.35 Å². The van der Waals surface area contributed by atoms with E-state index >= 15 is 0 Å². The summed E-state index contributed by atoms with van der Waals surface area (Å²) in [7, 11) is 1.80. The highest BCUT2D eigenvalue weighted by atomic mass is 79.9. The Labute approximate surface area is 232 Å². The minimum Gasteiger partial charge on any atom is -0.479 e. The number of carbonyl (C=O) groups is 3. The lowest BCUT2D eigenvalue weighted by Crippen LogP contribution is -2.46. The summed E-state index contributed by atoms with van der Waals surface area (Å²) in [5.74, 6) is -1.95. The van der Waals surface area contributed by atoms with Crippen LogP contribution in [0.15, 0.2) is 59.1 Å². The number of rotatable bonds is 9. The number of anilines is 2. The Morgan fingerprint density at radius 3 is 2.47 bits per heavy atom. The quantitative estimate of drug-likeness (QED) is 0.287. The monoisotopic (exact) mass is 601 g/mol. The summed E-state index contributed by atoms with van der Waals surface area (Å²) in [4.78, 5) is 39.7. The Hall–Kier alpha value is -3.57. The topological polar surface area (TPSA) is 119 Å². The number of aromatic carboxylic acids is 1. The molecule has 2 heterocycles. The normalized spacial score (nSPS) is 13.7. The van der Waals surface area contributed by atoms with Crippen molar-refractivity contribution in [2.75, 3.05) is 43.5 Å². The number of carboxylic acid groups (broad SMARTS) is 2. The molecule has 0 radical (unpaired) electrons. The molecule has 9 nitrogen and oxygen atoms in total. The maximum Gasteiger partial charge on any atom is 0.349 e. The van der Waals surface area contributed by atoms with Gasteiger partial charge in [-0.05, 0) is 64.5 Å². The number of nitrogens with zero attached hydrogens (tertiary/aromatic N) is 2. The van der Waals surface area contributed by atoms with Gasteiger partial charge in [0, 0.05) is 38.1 Å². The maximum atomic E-state index is 12.9. The number of benzene rings is 2. The number of likely N-dealkylation sites (tertiary alicyclic amines) is 1. The molecule has 11 heteroatoms. The number of carboxylic acids is 2. The molecule has 1 aliphatic rings. The van der Waals surface area contributed by atoms with E-state index in [-0.39, 0.29) is 16.7 Å². The summed E-state index contributed by atoms with van der Waals surface area (Å²) in [5.41, 5.74) is 2.54. The first-order valence-electron chi connectivity index (χ1n) is 12.1. The van der Waals surface area contributed by atoms with Gasteiger partial charge in [-0.15, -0.1) is 11.3 Å². The van der Waals surface area contributed by atoms with Crippen LogP contribution in [0.5, 0.6) is 5.75 Å². The maximum absolute atomic E-state index is 12.9. The predicted octanol–water partition coefficient (Wildman–Crippen LogP) is 5.72. The van der Waals surface area contributed by atoms with Crippen LogP contribution in [0, 0.1) is 5.92 Å². The van der Waals surface area contributed by atoms with Crippen LogP contribution in [0.3, 0.4) is 0 Å². The average molecular weight is 603 g/mol. The molecule has 1 aliphatic heterocycles. The van der Waals surface area contributed by atoms with Gasteiger partial charge in [0.15, 0.2) is 17.2 Å². The highest BCUT2D eigenvalue weighted by molar-refractivity contribution is 9.10. The van der Waals surface area contributed by atoms with Gasteiger partial charge >= 0.3 is 18.0 Å². The average Bonchev–Trinajstić information content (AvgIpc) is 3.27. The minimum absolute atomic E-state index is 0.00395. The summed E-state index contributed by atoms with van der Waals surface area (Å²) in [6.07, 6.45) is 1.79. The van der Waals surface area contributed by atoms with Gasteiger partial charge in [0.25, 0.3) is 0 Å². The molecule has 2 aromatic carbocycles. The van der Waals surface area contributed by atoms with Crippen molar-refractivity contribution < 1.29 is 29.3 Å². The van der Waals surface area contributed by atoms with E-state index in [1.165, 1.54) is 0 Å². The second-order valence-electron chi connectivity index (χ2n) is 8.96. The van der Waals surface area contributed by atoms with E-state index in [2.05, 4.69) is 21.2 Å². The number of para-hydroxylation sites is 1. The first-order valence-corrected chi connectivity index (χ1v) is 13.7. The number of hydrogen-bond acceptors (Lipinski definition) is 6. The number of carbonyl (C=O) groups excluding carboxylic acids is 1. The molecule has 38 heavy (non-hydrogen) atoms. The van der Waals surface area contributed by atoms with E-state index in [0.29, 0.717) is 28.4 Å². The largest absolute Gasteiger partial charge is 0.479 e. The number of nitrogens with one attached hydrogen (secondary N) is 1. The first-order chi connectivity index (χ1) is 18.2. The summed E-state index contributed by atoms with van der Waals surface area (Å²) < 4.78 is 5.66. The number of aliphatic carboxylic acids is 1. The van der Waals surface area contributed by atoms with E-state index in [1.54, 1.807) is 11.9 Å². The van der Waals surface area contributed by atoms with E-state index in [0.717, 1.165) is 47.7 Å². The Balaban J connectivity index is 1.36. The van der Waals surface area contributed by atoms with E-state index in [9.17, 15) is 19.5 Å². The van der Waals surface area contributed by atoms with Crippen molar-refractivity contribution in [2.45, 2.75) is 12.8 Å². The van der Waals surface area contributed by atoms with Crippen molar-refractivity contribution >= 4 is 56.6 Å². The van der Waals surface area contributed by atoms with Gasteiger partial charge in [-0.3, -0.25) is 4.90 Å². The molecule has 1 saturated heterocycles. The minimum atomic E-state index is -1.19. The third-order valence-corrected chi connectivity index (χ3v) is 8.61. The van der Waals surface area contributed by atoms with Crippen molar-refractivity contribution in [2.24, 2.45) is 5.92 Å². The van der Waals surface area contributed by atoms with Crippen molar-refractivity contribution in [3.8, 4) is 16.2 Å². The van der Waals surface area contributed by atoms with Crippen LogP contribution in [0.25, 0.3) is 10.4 Å². The Morgan fingerprint density at radius 1 is 1.11 bits per heavy atom. The predicted molar refractivity (Wildman–Crippen MR) is 151 cm³/mol. The third kappa shape index (κ3) is 6.46. The standard InChI is InChI=1S/C27H28BrN3O6S/c1-30(20-8-3-2-4-9-20)27(36)31-12-10-17(11-13-31)15-29-19-7-5-6-18(14-19)24-22(28)23(37-16-21(32)33)25(38-24)26(34)35/h2-9,14,17,29H,10-13,15-16H2,1H3,(H,32,33)(H,34,35). The van der Waals surface area contributed by atoms with Crippen LogP contribution in [0.4, 0.5) is 16.2 Å². The van der Waals surface area contributed by atoms with Gasteiger partial charge in [-0.1, -0.05) is 30.3 Å². The van der Waals surface area contributed by atoms with Crippen LogP contribution in [-0.2, 0) is 4.79 Å². The van der Waals surface area contributed by atoms with Crippen molar-refractivity contribution in [3.05, 3.63) is 63.9 Å². The zero-order valence-electron chi connectivity index (χ0n) is 20.7. The molecule has 2 amide bonds. The number of hydrogen-bond donors (Lipinski definition) is 3. The van der Waals surface area contributed by atoms with Gasteiger partial charge in [0.2, 0.25) is 0 Å². The highest BCUT2D eigenvalue weighted by Crippen LogP contribution is 2.46. The SMILES string of the molecule is CN(C(=O)N1CCC(CNc2cccc(-c3sc(C(=O)O)c(OCC(=O)O)c3Br)c2)CC1)c1ccccc1. The molecule has 200 valence electrons. The van der Waals surface area contributed by atoms with Gasteiger partial charge < -0.3 is 25.2 Å². The van der Waals surface area contributed by atoms with E-state index < -0.39 is 18.5 Å². The summed E-state index contributed by atoms with van der Waals surface area (Å²) in [5, 5.41) is 22.0. The summed E-state index contributed by atoms with van der Waals surface area (Å²) >= 11 is 4.42. The zero-order chi connectivity index (χ0) is 27.2. The lowest BCUT2D eigenvalue weighted by molar-refractivity contribution is -0.139. The van der Waals surface area contributed by atoms with Crippen molar-refractivity contribution in [1.82, 2.24) is 4.90 Å². The van der Waals surface area contributed by atoms with Crippen LogP contribution in [0.2, 0.25) is 0 Å². The highest BCUT2D eigenvalue weighted by Gasteiger charge is 2.26. The van der Waals surface area contributed by atoms with Crippen LogP contribution in [-0.4, -0.2) is 66.4 Å². The number of ether oxygens (including phenoxy) is 1. The molecule has 1 aromatic heterocycles. The molecule has 0 atom stereocenters. The van der Waals surface area contributed by atoms with Gasteiger partial charge in [-0.25, -0.2) is 14.4 Å². The Bertz CT molecular complexity index is 1310. The second-order valence-corrected chi connectivity index (χ2v) is 10.8. The molecule has 0 aliphatic carbocycles. The molecule has 1 fully saturated rings. The third-order valence-electron chi connectivity index (χ3n) is 6.38. The van der Waals surface area contributed by atoms with Crippen molar-refractivity contribution in [1.29, 1.82) is 0 Å². The van der Waals surface area contributed by atoms with Gasteiger partial charge in [0.1, 0.15) is 0 Å². The Kier molecular flexibility index (Phi) is 8.90. The molecular weight excluding hydrogens is 574 g/mol. The number of piperidine rings is 1. The second kappa shape index (κ2) is 12.3. The number of halogens is 1. The number of urea groups is 1. The van der Waals surface area contributed by atoms with Crippen LogP contribution in [0.1, 0.15) is 22.5 Å². The fourth-order valence-electron chi connectivity index (χ4n) is 4.32. The fraction of sp³-hybridized carbons (Fsp3) is 0.296. The van der Waals surface area contributed by atoms with E-state index in [4.69, 9.17) is 9.84 Å².